The van der Waals surface area contributed by atoms with Crippen molar-refractivity contribution in [1.29, 1.82) is 0 Å². The highest BCUT2D eigenvalue weighted by Gasteiger charge is 2.40. The van der Waals surface area contributed by atoms with Gasteiger partial charge < -0.3 is 15.5 Å². The van der Waals surface area contributed by atoms with Crippen molar-refractivity contribution in [1.82, 2.24) is 5.32 Å². The van der Waals surface area contributed by atoms with Gasteiger partial charge in [-0.1, -0.05) is 0 Å². The van der Waals surface area contributed by atoms with E-state index in [-0.39, 0.29) is 0 Å². The molecule has 0 spiro atoms. The Bertz CT molecular complexity index is 465. The molecule has 0 rings (SSSR count). The number of hydrogen-bond donors (Lipinski definition) is 3. The lowest BCUT2D eigenvalue weighted by Crippen LogP contribution is -2.53. The van der Waals surface area contributed by atoms with E-state index in [1.807, 2.05) is 5.32 Å². The predicted octanol–water partition coefficient (Wildman–Crippen LogP) is -1.15. The number of carboxylic acids is 2. The minimum atomic E-state index is -3.75. The summed E-state index contributed by atoms with van der Waals surface area (Å²) in [5, 5.41) is 19.1. The van der Waals surface area contributed by atoms with Gasteiger partial charge in [-0.25, -0.2) is 13.2 Å². The molecule has 0 bridgehead atoms. The molecule has 0 aliphatic rings. The Labute approximate surface area is 104 Å². The number of nitrogens with one attached hydrogen (secondary N) is 1. The second kappa shape index (κ2) is 5.34. The summed E-state index contributed by atoms with van der Waals surface area (Å²) in [6, 6.07) is -1.67. The summed E-state index contributed by atoms with van der Waals surface area (Å²) >= 11 is 0. The van der Waals surface area contributed by atoms with Crippen molar-refractivity contribution >= 4 is 27.7 Å². The molecule has 8 nitrogen and oxygen atoms in total. The van der Waals surface area contributed by atoms with E-state index in [1.54, 1.807) is 0 Å². The highest BCUT2D eigenvalue weighted by atomic mass is 32.2. The van der Waals surface area contributed by atoms with Gasteiger partial charge in [0.25, 0.3) is 0 Å². The van der Waals surface area contributed by atoms with E-state index in [2.05, 4.69) is 0 Å². The molecule has 0 aliphatic carbocycles. The van der Waals surface area contributed by atoms with Crippen LogP contribution in [0.5, 0.6) is 0 Å². The zero-order valence-corrected chi connectivity index (χ0v) is 10.9. The Kier molecular flexibility index (Phi) is 4.85. The van der Waals surface area contributed by atoms with Crippen LogP contribution >= 0.6 is 0 Å². The highest BCUT2D eigenvalue weighted by molar-refractivity contribution is 7.92. The Morgan fingerprint density at radius 1 is 1.22 bits per heavy atom. The normalized spacial score (nSPS) is 13.7. The molecule has 1 atom stereocenters. The molecule has 0 aromatic heterocycles. The van der Waals surface area contributed by atoms with Gasteiger partial charge in [0.15, 0.2) is 9.84 Å². The van der Waals surface area contributed by atoms with Gasteiger partial charge in [-0.2, -0.15) is 0 Å². The predicted molar refractivity (Wildman–Crippen MR) is 60.7 cm³/mol. The summed E-state index contributed by atoms with van der Waals surface area (Å²) in [6.45, 7) is 2.22. The first-order valence-electron chi connectivity index (χ1n) is 4.84. The third kappa shape index (κ3) is 3.99. The standard InChI is InChI=1S/C9H15NO7S/c1-9(2,18(3,16)17)8(15)10-5(7(13)14)4-6(11)12/h5H,4H2,1-3H3,(H,10,15)(H,11,12)(H,13,14)/t5-/m1/s1. The van der Waals surface area contributed by atoms with Crippen LogP contribution in [0.2, 0.25) is 0 Å². The summed E-state index contributed by atoms with van der Waals surface area (Å²) < 4.78 is 20.9. The fourth-order valence-electron chi connectivity index (χ4n) is 0.875. The number of carbonyl (C=O) groups excluding carboxylic acids is 1. The van der Waals surface area contributed by atoms with Crippen LogP contribution in [0.15, 0.2) is 0 Å². The van der Waals surface area contributed by atoms with E-state index in [1.165, 1.54) is 0 Å². The Balaban J connectivity index is 5.03. The summed E-state index contributed by atoms with van der Waals surface area (Å²) in [6.07, 6.45) is 0.000461. The number of aliphatic carboxylic acids is 2. The minimum absolute atomic E-state index is 0.832. The van der Waals surface area contributed by atoms with Gasteiger partial charge >= 0.3 is 11.9 Å². The lowest BCUT2D eigenvalue weighted by atomic mass is 10.1. The molecule has 0 aromatic carbocycles. The van der Waals surface area contributed by atoms with Crippen molar-refractivity contribution < 1.29 is 33.0 Å². The van der Waals surface area contributed by atoms with Crippen molar-refractivity contribution in [2.45, 2.75) is 31.1 Å². The molecule has 0 unspecified atom stereocenters. The van der Waals surface area contributed by atoms with E-state index < -0.39 is 44.9 Å². The van der Waals surface area contributed by atoms with E-state index in [4.69, 9.17) is 10.2 Å². The molecule has 0 saturated carbocycles. The zero-order valence-electron chi connectivity index (χ0n) is 10.1. The average molecular weight is 281 g/mol. The van der Waals surface area contributed by atoms with Crippen molar-refractivity contribution in [3.8, 4) is 0 Å². The summed E-state index contributed by atoms with van der Waals surface area (Å²) in [5.41, 5.74) is 0. The van der Waals surface area contributed by atoms with Crippen LogP contribution in [0.1, 0.15) is 20.3 Å². The smallest absolute Gasteiger partial charge is 0.326 e. The summed E-state index contributed by atoms with van der Waals surface area (Å²) in [5.74, 6) is -4.02. The molecule has 104 valence electrons. The molecule has 0 saturated heterocycles. The van der Waals surface area contributed by atoms with Crippen molar-refractivity contribution in [3.05, 3.63) is 0 Å². The molecule has 0 aromatic rings. The van der Waals surface area contributed by atoms with Gasteiger partial charge in [0.2, 0.25) is 5.91 Å². The van der Waals surface area contributed by atoms with Crippen LogP contribution in [0.4, 0.5) is 0 Å². The number of carbonyl (C=O) groups is 3. The minimum Gasteiger partial charge on any atom is -0.481 e. The largest absolute Gasteiger partial charge is 0.481 e. The summed E-state index contributed by atoms with van der Waals surface area (Å²) in [4.78, 5) is 32.8. The lowest BCUT2D eigenvalue weighted by molar-refractivity contribution is -0.147. The maximum absolute atomic E-state index is 11.7. The maximum atomic E-state index is 11.7. The van der Waals surface area contributed by atoms with Gasteiger partial charge in [-0.3, -0.25) is 9.59 Å². The fourth-order valence-corrected chi connectivity index (χ4v) is 1.27. The average Bonchev–Trinajstić information content (AvgIpc) is 2.13. The topological polar surface area (TPSA) is 138 Å². The van der Waals surface area contributed by atoms with Crippen molar-refractivity contribution in [3.63, 3.8) is 0 Å². The third-order valence-corrected chi connectivity index (χ3v) is 4.50. The molecule has 18 heavy (non-hydrogen) atoms. The van der Waals surface area contributed by atoms with E-state index in [0.29, 0.717) is 0 Å². The molecule has 3 N–H and O–H groups in total. The van der Waals surface area contributed by atoms with Crippen LogP contribution in [0.25, 0.3) is 0 Å². The molecule has 1 amide bonds. The number of rotatable bonds is 6. The Morgan fingerprint density at radius 3 is 1.94 bits per heavy atom. The molecular formula is C9H15NO7S. The van der Waals surface area contributed by atoms with Crippen LogP contribution in [0, 0.1) is 0 Å². The van der Waals surface area contributed by atoms with Crippen molar-refractivity contribution in [2.75, 3.05) is 6.26 Å². The maximum Gasteiger partial charge on any atom is 0.326 e. The van der Waals surface area contributed by atoms with Gasteiger partial charge in [0, 0.05) is 6.26 Å². The lowest BCUT2D eigenvalue weighted by Gasteiger charge is -2.23. The van der Waals surface area contributed by atoms with Gasteiger partial charge in [0.05, 0.1) is 6.42 Å². The first-order valence-corrected chi connectivity index (χ1v) is 6.74. The van der Waals surface area contributed by atoms with E-state index >= 15 is 0 Å². The van der Waals surface area contributed by atoms with Gasteiger partial charge in [-0.15, -0.1) is 0 Å². The SMILES string of the molecule is CC(C)(C(=O)N[C@H](CC(=O)O)C(=O)O)S(C)(=O)=O. The molecular weight excluding hydrogens is 266 g/mol. The van der Waals surface area contributed by atoms with Gasteiger partial charge in [-0.05, 0) is 13.8 Å². The van der Waals surface area contributed by atoms with E-state index in [9.17, 15) is 22.8 Å². The second-order valence-corrected chi connectivity index (χ2v) is 6.81. The van der Waals surface area contributed by atoms with Crippen molar-refractivity contribution in [2.24, 2.45) is 0 Å². The highest BCUT2D eigenvalue weighted by Crippen LogP contribution is 2.15. The molecule has 0 radical (unpaired) electrons. The Morgan fingerprint density at radius 2 is 1.67 bits per heavy atom. The third-order valence-electron chi connectivity index (χ3n) is 2.46. The van der Waals surface area contributed by atoms with Crippen LogP contribution in [-0.2, 0) is 24.2 Å². The zero-order chi connectivity index (χ0) is 14.7. The molecule has 0 aliphatic heterocycles. The van der Waals surface area contributed by atoms with Gasteiger partial charge in [0.1, 0.15) is 10.8 Å². The Hall–Kier alpha value is -1.64. The van der Waals surface area contributed by atoms with Crippen LogP contribution < -0.4 is 5.32 Å². The number of amides is 1. The summed E-state index contributed by atoms with van der Waals surface area (Å²) in [7, 11) is -3.75. The van der Waals surface area contributed by atoms with E-state index in [0.717, 1.165) is 20.1 Å². The molecule has 0 heterocycles. The molecule has 0 fully saturated rings. The quantitative estimate of drug-likeness (QED) is 0.559. The van der Waals surface area contributed by atoms with Crippen LogP contribution in [-0.4, -0.2) is 53.5 Å². The molecule has 9 heteroatoms. The number of carboxylic acid groups (broad SMARTS) is 2. The number of sulfone groups is 1. The monoisotopic (exact) mass is 281 g/mol. The van der Waals surface area contributed by atoms with Crippen LogP contribution in [0.3, 0.4) is 0 Å². The number of hydrogen-bond acceptors (Lipinski definition) is 5. The first-order chi connectivity index (χ1) is 7.89. The second-order valence-electron chi connectivity index (χ2n) is 4.24. The first kappa shape index (κ1) is 16.4. The fraction of sp³-hybridized carbons (Fsp3) is 0.667.